The highest BCUT2D eigenvalue weighted by atomic mass is 16.1. The van der Waals surface area contributed by atoms with Crippen LogP contribution in [0.15, 0.2) is 60.8 Å². The molecule has 0 radical (unpaired) electrons. The summed E-state index contributed by atoms with van der Waals surface area (Å²) in [6, 6.07) is 18.0. The monoisotopic (exact) mass is 346 g/mol. The lowest BCUT2D eigenvalue weighted by Gasteiger charge is -2.27. The third-order valence-corrected chi connectivity index (χ3v) is 4.80. The number of carbonyl (C=O) groups excluding carboxylic acids is 1. The third-order valence-electron chi connectivity index (χ3n) is 4.80. The lowest BCUT2D eigenvalue weighted by Crippen LogP contribution is -2.38. The molecule has 1 aliphatic heterocycles. The van der Waals surface area contributed by atoms with Gasteiger partial charge in [-0.2, -0.15) is 5.10 Å². The summed E-state index contributed by atoms with van der Waals surface area (Å²) < 4.78 is 1.81. The Kier molecular flexibility index (Phi) is 4.54. The van der Waals surface area contributed by atoms with Crippen LogP contribution in [0.1, 0.15) is 33.2 Å². The summed E-state index contributed by atoms with van der Waals surface area (Å²) in [5, 5.41) is 10.9. The molecule has 0 aliphatic carbocycles. The Morgan fingerprint density at radius 3 is 2.77 bits per heavy atom. The van der Waals surface area contributed by atoms with Crippen molar-refractivity contribution < 1.29 is 4.79 Å². The van der Waals surface area contributed by atoms with Gasteiger partial charge in [-0.1, -0.05) is 24.3 Å². The lowest BCUT2D eigenvalue weighted by atomic mass is 9.94. The van der Waals surface area contributed by atoms with Gasteiger partial charge in [0.05, 0.1) is 11.4 Å². The van der Waals surface area contributed by atoms with E-state index in [1.54, 1.807) is 4.68 Å². The number of carbonyl (C=O) groups is 1. The molecule has 26 heavy (non-hydrogen) atoms. The van der Waals surface area contributed by atoms with Crippen LogP contribution in [-0.4, -0.2) is 28.8 Å². The molecule has 2 aromatic carbocycles. The van der Waals surface area contributed by atoms with Crippen molar-refractivity contribution in [1.82, 2.24) is 20.4 Å². The second-order valence-corrected chi connectivity index (χ2v) is 6.61. The van der Waals surface area contributed by atoms with Crippen LogP contribution in [-0.2, 0) is 6.42 Å². The summed E-state index contributed by atoms with van der Waals surface area (Å²) in [5.74, 6) is -0.0574. The Balaban J connectivity index is 1.41. The Labute approximate surface area is 153 Å². The summed E-state index contributed by atoms with van der Waals surface area (Å²) in [4.78, 5) is 12.5. The molecule has 3 aromatic rings. The van der Waals surface area contributed by atoms with Crippen molar-refractivity contribution in [3.05, 3.63) is 83.2 Å². The Morgan fingerprint density at radius 1 is 1.19 bits per heavy atom. The highest BCUT2D eigenvalue weighted by Crippen LogP contribution is 2.22. The zero-order valence-corrected chi connectivity index (χ0v) is 14.8. The number of amides is 1. The van der Waals surface area contributed by atoms with Crippen LogP contribution in [0, 0.1) is 6.92 Å². The van der Waals surface area contributed by atoms with Gasteiger partial charge in [-0.15, -0.1) is 0 Å². The maximum Gasteiger partial charge on any atom is 0.251 e. The fourth-order valence-corrected chi connectivity index (χ4v) is 3.40. The van der Waals surface area contributed by atoms with Gasteiger partial charge in [-0.3, -0.25) is 4.79 Å². The van der Waals surface area contributed by atoms with Gasteiger partial charge in [0.15, 0.2) is 0 Å². The van der Waals surface area contributed by atoms with E-state index in [2.05, 4.69) is 40.0 Å². The molecule has 0 spiro atoms. The van der Waals surface area contributed by atoms with E-state index in [9.17, 15) is 4.79 Å². The molecule has 1 unspecified atom stereocenters. The number of nitrogens with zero attached hydrogens (tertiary/aromatic N) is 2. The molecule has 1 aromatic heterocycles. The van der Waals surface area contributed by atoms with Crippen LogP contribution in [0.2, 0.25) is 0 Å². The Hall–Kier alpha value is -2.92. The lowest BCUT2D eigenvalue weighted by molar-refractivity contribution is 0.0949. The smallest absolute Gasteiger partial charge is 0.251 e. The van der Waals surface area contributed by atoms with Crippen molar-refractivity contribution in [3.63, 3.8) is 0 Å². The van der Waals surface area contributed by atoms with E-state index in [0.717, 1.165) is 24.3 Å². The van der Waals surface area contributed by atoms with Crippen molar-refractivity contribution >= 4 is 5.91 Å². The van der Waals surface area contributed by atoms with Gasteiger partial charge in [0.1, 0.15) is 0 Å². The van der Waals surface area contributed by atoms with E-state index in [0.29, 0.717) is 12.1 Å². The number of hydrogen-bond donors (Lipinski definition) is 2. The minimum absolute atomic E-state index is 0.0574. The molecule has 1 aliphatic rings. The topological polar surface area (TPSA) is 59.0 Å². The molecule has 2 heterocycles. The third kappa shape index (κ3) is 3.39. The number of aromatic nitrogens is 2. The summed E-state index contributed by atoms with van der Waals surface area (Å²) in [7, 11) is 0. The van der Waals surface area contributed by atoms with Gasteiger partial charge >= 0.3 is 0 Å². The van der Waals surface area contributed by atoms with E-state index in [4.69, 9.17) is 0 Å². The van der Waals surface area contributed by atoms with Crippen molar-refractivity contribution in [2.24, 2.45) is 0 Å². The molecule has 5 nitrogen and oxygen atoms in total. The van der Waals surface area contributed by atoms with Gasteiger partial charge in [0.25, 0.3) is 5.91 Å². The van der Waals surface area contributed by atoms with Crippen LogP contribution in [0.5, 0.6) is 0 Å². The molecule has 2 N–H and O–H groups in total. The minimum atomic E-state index is -0.0574. The summed E-state index contributed by atoms with van der Waals surface area (Å²) >= 11 is 0. The van der Waals surface area contributed by atoms with E-state index in [1.165, 1.54) is 11.1 Å². The zero-order valence-electron chi connectivity index (χ0n) is 14.8. The van der Waals surface area contributed by atoms with E-state index < -0.39 is 0 Å². The van der Waals surface area contributed by atoms with Crippen molar-refractivity contribution in [1.29, 1.82) is 0 Å². The van der Waals surface area contributed by atoms with Gasteiger partial charge in [0, 0.05) is 24.3 Å². The highest BCUT2D eigenvalue weighted by molar-refractivity contribution is 5.94. The fourth-order valence-electron chi connectivity index (χ4n) is 3.40. The van der Waals surface area contributed by atoms with Crippen LogP contribution in [0.4, 0.5) is 0 Å². The average molecular weight is 346 g/mol. The van der Waals surface area contributed by atoms with E-state index in [-0.39, 0.29) is 11.9 Å². The van der Waals surface area contributed by atoms with Crippen LogP contribution in [0.25, 0.3) is 5.69 Å². The maximum absolute atomic E-state index is 12.5. The standard InChI is InChI=1S/C21H22N4O/c1-15-11-13-25(24-15)18-8-6-17(7-9-18)21(26)23-14-20-19-5-3-2-4-16(19)10-12-22-20/h2-9,11,13,20,22H,10,12,14H2,1H3,(H,23,26). The zero-order chi connectivity index (χ0) is 17.9. The first-order valence-corrected chi connectivity index (χ1v) is 8.93. The Morgan fingerprint density at radius 2 is 2.00 bits per heavy atom. The minimum Gasteiger partial charge on any atom is -0.350 e. The first kappa shape index (κ1) is 16.5. The SMILES string of the molecule is Cc1ccn(-c2ccc(C(=O)NCC3NCCc4ccccc43)cc2)n1. The molecule has 1 atom stereocenters. The predicted octanol–water partition coefficient (Wildman–Crippen LogP) is 2.80. The molecule has 0 saturated carbocycles. The molecule has 4 rings (SSSR count). The second-order valence-electron chi connectivity index (χ2n) is 6.61. The van der Waals surface area contributed by atoms with Crippen LogP contribution >= 0.6 is 0 Å². The van der Waals surface area contributed by atoms with Gasteiger partial charge in [-0.25, -0.2) is 4.68 Å². The van der Waals surface area contributed by atoms with E-state index >= 15 is 0 Å². The summed E-state index contributed by atoms with van der Waals surface area (Å²) in [6.07, 6.45) is 2.95. The first-order chi connectivity index (χ1) is 12.7. The van der Waals surface area contributed by atoms with Gasteiger partial charge < -0.3 is 10.6 Å². The number of nitrogens with one attached hydrogen (secondary N) is 2. The molecule has 0 saturated heterocycles. The molecule has 5 heteroatoms. The van der Waals surface area contributed by atoms with Gasteiger partial charge in [0.2, 0.25) is 0 Å². The van der Waals surface area contributed by atoms with Gasteiger partial charge in [-0.05, 0) is 61.3 Å². The molecule has 1 amide bonds. The van der Waals surface area contributed by atoms with Crippen LogP contribution < -0.4 is 10.6 Å². The number of fused-ring (bicyclic) bond motifs is 1. The first-order valence-electron chi connectivity index (χ1n) is 8.93. The number of rotatable bonds is 4. The largest absolute Gasteiger partial charge is 0.350 e. The van der Waals surface area contributed by atoms with E-state index in [1.807, 2.05) is 43.5 Å². The Bertz CT molecular complexity index is 914. The maximum atomic E-state index is 12.5. The number of benzene rings is 2. The van der Waals surface area contributed by atoms with Crippen molar-refractivity contribution in [2.75, 3.05) is 13.1 Å². The normalized spacial score (nSPS) is 16.1. The molecule has 0 fully saturated rings. The molecule has 0 bridgehead atoms. The molecular formula is C21H22N4O. The summed E-state index contributed by atoms with van der Waals surface area (Å²) in [5.41, 5.74) is 5.21. The average Bonchev–Trinajstić information content (AvgIpc) is 3.12. The van der Waals surface area contributed by atoms with Crippen molar-refractivity contribution in [3.8, 4) is 5.69 Å². The van der Waals surface area contributed by atoms with Crippen LogP contribution in [0.3, 0.4) is 0 Å². The molecule has 132 valence electrons. The number of aryl methyl sites for hydroxylation is 1. The second kappa shape index (κ2) is 7.14. The predicted molar refractivity (Wildman–Crippen MR) is 102 cm³/mol. The highest BCUT2D eigenvalue weighted by Gasteiger charge is 2.19. The summed E-state index contributed by atoms with van der Waals surface area (Å²) in [6.45, 7) is 3.47. The molecular weight excluding hydrogens is 324 g/mol. The quantitative estimate of drug-likeness (QED) is 0.764. The van der Waals surface area contributed by atoms with Crippen molar-refractivity contribution in [2.45, 2.75) is 19.4 Å². The number of hydrogen-bond acceptors (Lipinski definition) is 3. The fraction of sp³-hybridized carbons (Fsp3) is 0.238.